The number of allylic oxidation sites excluding steroid dienone is 2. The van der Waals surface area contributed by atoms with Crippen LogP contribution in [0.5, 0.6) is 17.2 Å². The van der Waals surface area contributed by atoms with Crippen LogP contribution in [0.25, 0.3) is 0 Å². The molecule has 2 N–H and O–H groups in total. The van der Waals surface area contributed by atoms with Gasteiger partial charge in [0.05, 0.1) is 39.0 Å². The Bertz CT molecular complexity index is 1040. The molecule has 1 heterocycles. The zero-order chi connectivity index (χ0) is 21.6. The molecule has 5 atom stereocenters. The van der Waals surface area contributed by atoms with Crippen LogP contribution >= 0.6 is 0 Å². The highest BCUT2D eigenvalue weighted by atomic mass is 16.7. The highest BCUT2D eigenvalue weighted by Crippen LogP contribution is 2.74. The third-order valence-electron chi connectivity index (χ3n) is 7.55. The van der Waals surface area contributed by atoms with E-state index in [-0.39, 0.29) is 24.1 Å². The molecule has 0 bridgehead atoms. The lowest BCUT2D eigenvalue weighted by Crippen LogP contribution is -2.50. The van der Waals surface area contributed by atoms with E-state index in [1.54, 1.807) is 12.1 Å². The molecule has 30 heavy (non-hydrogen) atoms. The number of Topliss-reactive ketones (excluding diaryl/α,β-unsaturated/α-hetero) is 1. The lowest BCUT2D eigenvalue weighted by molar-refractivity contribution is -0.130. The van der Waals surface area contributed by atoms with E-state index in [1.165, 1.54) is 21.3 Å². The summed E-state index contributed by atoms with van der Waals surface area (Å²) in [6, 6.07) is 1.70. The number of carbonyl (C=O) groups is 1. The number of hydrogen-bond acceptors (Lipinski definition) is 8. The normalized spacial score (nSPS) is 35.6. The topological polar surface area (TPSA) is 104 Å². The van der Waals surface area contributed by atoms with Gasteiger partial charge in [-0.3, -0.25) is 4.79 Å². The zero-order valence-electron chi connectivity index (χ0n) is 17.4. The van der Waals surface area contributed by atoms with Crippen molar-refractivity contribution in [2.24, 2.45) is 11.3 Å². The summed E-state index contributed by atoms with van der Waals surface area (Å²) in [7, 11) is 4.32. The molecule has 0 amide bonds. The predicted molar refractivity (Wildman–Crippen MR) is 103 cm³/mol. The van der Waals surface area contributed by atoms with E-state index in [9.17, 15) is 15.0 Å². The Labute approximate surface area is 173 Å². The molecule has 0 radical (unpaired) electrons. The minimum atomic E-state index is -1.40. The van der Waals surface area contributed by atoms with Gasteiger partial charge in [0.15, 0.2) is 17.3 Å². The third-order valence-corrected chi connectivity index (χ3v) is 7.55. The SMILES string of the molecule is COC1=C(OC)C(=O)[C@@]23C(=C1)[C@H](O)[C@@H](C)[C@]2(C)[C@@H](O)c1cc2c(c(OC)c13)OCO2. The predicted octanol–water partition coefficient (Wildman–Crippen LogP) is 1.74. The van der Waals surface area contributed by atoms with Gasteiger partial charge in [-0.2, -0.15) is 0 Å². The molecular weight excluding hydrogens is 392 g/mol. The fourth-order valence-electron chi connectivity index (χ4n) is 6.01. The number of ketones is 1. The number of ether oxygens (including phenoxy) is 5. The second kappa shape index (κ2) is 5.92. The van der Waals surface area contributed by atoms with Gasteiger partial charge in [0.1, 0.15) is 0 Å². The number of carbonyl (C=O) groups excluding carboxylic acids is 1. The molecule has 8 heteroatoms. The van der Waals surface area contributed by atoms with Gasteiger partial charge in [0.2, 0.25) is 24.1 Å². The van der Waals surface area contributed by atoms with E-state index in [0.29, 0.717) is 33.9 Å². The standard InChI is InChI=1S/C22H24O8/c1-9-15(23)11-7-12(26-3)17(27-4)20(25)22(11)14-10(19(24)21(9,22)2)6-13-16(18(14)28-5)30-8-29-13/h6-7,9,15,19,23-24H,8H2,1-5H3/t9-,15-,19+,21-,22+/m1/s1. The van der Waals surface area contributed by atoms with Crippen molar-refractivity contribution < 1.29 is 38.7 Å². The van der Waals surface area contributed by atoms with Gasteiger partial charge < -0.3 is 33.9 Å². The van der Waals surface area contributed by atoms with E-state index in [2.05, 4.69) is 0 Å². The molecule has 160 valence electrons. The van der Waals surface area contributed by atoms with Crippen LogP contribution < -0.4 is 14.2 Å². The smallest absolute Gasteiger partial charge is 0.231 e. The Morgan fingerprint density at radius 2 is 1.87 bits per heavy atom. The van der Waals surface area contributed by atoms with Crippen molar-refractivity contribution in [3.8, 4) is 17.2 Å². The molecule has 8 nitrogen and oxygen atoms in total. The first-order valence-corrected chi connectivity index (χ1v) is 9.76. The van der Waals surface area contributed by atoms with Gasteiger partial charge in [-0.1, -0.05) is 13.8 Å². The summed E-state index contributed by atoms with van der Waals surface area (Å²) in [5, 5.41) is 22.8. The fraction of sp³-hybridized carbons (Fsp3) is 0.500. The molecule has 1 spiro atoms. The molecule has 4 aliphatic rings. The van der Waals surface area contributed by atoms with Crippen LogP contribution in [0.2, 0.25) is 0 Å². The molecule has 1 aliphatic heterocycles. The zero-order valence-corrected chi connectivity index (χ0v) is 17.4. The Hall–Kier alpha value is -2.71. The summed E-state index contributed by atoms with van der Waals surface area (Å²) in [5.41, 5.74) is -1.01. The van der Waals surface area contributed by atoms with Gasteiger partial charge in [0, 0.05) is 11.0 Å². The average molecular weight is 416 g/mol. The number of benzene rings is 1. The summed E-state index contributed by atoms with van der Waals surface area (Å²) in [6.45, 7) is 3.67. The van der Waals surface area contributed by atoms with Gasteiger partial charge in [-0.15, -0.1) is 0 Å². The summed E-state index contributed by atoms with van der Waals surface area (Å²) in [4.78, 5) is 14.1. The van der Waals surface area contributed by atoms with E-state index < -0.39 is 29.0 Å². The first-order chi connectivity index (χ1) is 14.3. The number of aliphatic hydroxyl groups is 2. The van der Waals surface area contributed by atoms with Crippen molar-refractivity contribution in [1.29, 1.82) is 0 Å². The monoisotopic (exact) mass is 416 g/mol. The largest absolute Gasteiger partial charge is 0.493 e. The van der Waals surface area contributed by atoms with E-state index in [0.717, 1.165) is 0 Å². The minimum Gasteiger partial charge on any atom is -0.493 e. The molecule has 1 aromatic rings. The fourth-order valence-corrected chi connectivity index (χ4v) is 6.01. The van der Waals surface area contributed by atoms with Crippen LogP contribution in [-0.2, 0) is 19.7 Å². The Kier molecular flexibility index (Phi) is 3.80. The molecule has 0 aromatic heterocycles. The Morgan fingerprint density at radius 3 is 2.50 bits per heavy atom. The van der Waals surface area contributed by atoms with Crippen LogP contribution in [0.3, 0.4) is 0 Å². The number of fused-ring (bicyclic) bond motifs is 2. The van der Waals surface area contributed by atoms with Gasteiger partial charge in [0.25, 0.3) is 0 Å². The Morgan fingerprint density at radius 1 is 1.13 bits per heavy atom. The molecule has 1 aromatic carbocycles. The Balaban J connectivity index is 1.93. The molecule has 5 rings (SSSR count). The first kappa shape index (κ1) is 19.3. The second-order valence-electron chi connectivity index (χ2n) is 8.31. The van der Waals surface area contributed by atoms with Crippen LogP contribution in [0.4, 0.5) is 0 Å². The third kappa shape index (κ3) is 1.75. The maximum atomic E-state index is 14.1. The second-order valence-corrected chi connectivity index (χ2v) is 8.31. The van der Waals surface area contributed by atoms with Crippen molar-refractivity contribution in [1.82, 2.24) is 0 Å². The summed E-state index contributed by atoms with van der Waals surface area (Å²) in [5.74, 6) is 0.580. The number of hydrogen-bond donors (Lipinski definition) is 2. The molecular formula is C22H24O8. The molecule has 0 saturated heterocycles. The van der Waals surface area contributed by atoms with Crippen molar-refractivity contribution in [3.63, 3.8) is 0 Å². The summed E-state index contributed by atoms with van der Waals surface area (Å²) < 4.78 is 27.7. The molecule has 1 fully saturated rings. The van der Waals surface area contributed by atoms with Gasteiger partial charge >= 0.3 is 0 Å². The van der Waals surface area contributed by atoms with Crippen molar-refractivity contribution in [2.45, 2.75) is 31.5 Å². The van der Waals surface area contributed by atoms with Crippen LogP contribution in [0.15, 0.2) is 29.2 Å². The summed E-state index contributed by atoms with van der Waals surface area (Å²) >= 11 is 0. The van der Waals surface area contributed by atoms with Crippen LogP contribution in [-0.4, -0.2) is 50.2 Å². The summed E-state index contributed by atoms with van der Waals surface area (Å²) in [6.07, 6.45) is -0.378. The number of methoxy groups -OCH3 is 3. The highest BCUT2D eigenvalue weighted by Gasteiger charge is 2.76. The lowest BCUT2D eigenvalue weighted by atomic mass is 9.58. The van der Waals surface area contributed by atoms with Crippen molar-refractivity contribution >= 4 is 5.78 Å². The molecule has 0 unspecified atom stereocenters. The van der Waals surface area contributed by atoms with Crippen LogP contribution in [0, 0.1) is 11.3 Å². The number of aliphatic hydroxyl groups excluding tert-OH is 2. The van der Waals surface area contributed by atoms with Crippen LogP contribution in [0.1, 0.15) is 31.1 Å². The van der Waals surface area contributed by atoms with E-state index in [4.69, 9.17) is 23.7 Å². The van der Waals surface area contributed by atoms with Crippen molar-refractivity contribution in [2.75, 3.05) is 28.1 Å². The van der Waals surface area contributed by atoms with E-state index in [1.807, 2.05) is 13.8 Å². The lowest BCUT2D eigenvalue weighted by Gasteiger charge is -2.43. The maximum Gasteiger partial charge on any atom is 0.231 e. The van der Waals surface area contributed by atoms with Gasteiger partial charge in [-0.05, 0) is 29.2 Å². The number of rotatable bonds is 3. The average Bonchev–Trinajstić information content (AvgIpc) is 3.34. The molecule has 3 aliphatic carbocycles. The quantitative estimate of drug-likeness (QED) is 0.768. The maximum absolute atomic E-state index is 14.1. The first-order valence-electron chi connectivity index (χ1n) is 9.76. The molecule has 1 saturated carbocycles. The highest BCUT2D eigenvalue weighted by molar-refractivity contribution is 6.10. The van der Waals surface area contributed by atoms with E-state index >= 15 is 0 Å². The minimum absolute atomic E-state index is 0.0155. The van der Waals surface area contributed by atoms with Gasteiger partial charge in [-0.25, -0.2) is 0 Å². The van der Waals surface area contributed by atoms with Crippen molar-refractivity contribution in [3.05, 3.63) is 40.4 Å².